The Morgan fingerprint density at radius 3 is 1.80 bits per heavy atom. The lowest BCUT2D eigenvalue weighted by atomic mass is 9.99. The number of hydrogen-bond acceptors (Lipinski definition) is 1. The van der Waals surface area contributed by atoms with Crippen molar-refractivity contribution < 1.29 is 0 Å². The van der Waals surface area contributed by atoms with Gasteiger partial charge in [-0.15, -0.1) is 0 Å². The van der Waals surface area contributed by atoms with E-state index in [1.54, 1.807) is 0 Å². The standard InChI is InChI=1S/C19H19N/c1-2-3-4-11-16-20-19(17-12-7-5-8-13-17)18-14-9-6-10-15-18/h2-16,19H,1H3/b3-2+,11-4+,20-16?. The number of benzene rings is 2. The van der Waals surface area contributed by atoms with Crippen molar-refractivity contribution >= 4 is 6.21 Å². The highest BCUT2D eigenvalue weighted by Gasteiger charge is 2.10. The Morgan fingerprint density at radius 1 is 0.750 bits per heavy atom. The van der Waals surface area contributed by atoms with Crippen LogP contribution in [-0.4, -0.2) is 6.21 Å². The molecule has 0 atom stereocenters. The highest BCUT2D eigenvalue weighted by molar-refractivity contribution is 5.72. The molecule has 0 aromatic heterocycles. The smallest absolute Gasteiger partial charge is 0.0999 e. The summed E-state index contributed by atoms with van der Waals surface area (Å²) in [6.45, 7) is 2.00. The fourth-order valence-corrected chi connectivity index (χ4v) is 2.00. The van der Waals surface area contributed by atoms with Gasteiger partial charge in [-0.05, 0) is 24.1 Å². The maximum atomic E-state index is 4.69. The molecule has 0 unspecified atom stereocenters. The van der Waals surface area contributed by atoms with E-state index < -0.39 is 0 Å². The first-order chi connectivity index (χ1) is 9.92. The van der Waals surface area contributed by atoms with Crippen LogP contribution in [0, 0.1) is 0 Å². The van der Waals surface area contributed by atoms with E-state index in [4.69, 9.17) is 4.99 Å². The van der Waals surface area contributed by atoms with Gasteiger partial charge in [0.1, 0.15) is 0 Å². The Labute approximate surface area is 121 Å². The molecule has 100 valence electrons. The third kappa shape index (κ3) is 4.06. The average Bonchev–Trinajstić information content (AvgIpc) is 2.53. The molecule has 0 aliphatic carbocycles. The van der Waals surface area contributed by atoms with Crippen molar-refractivity contribution in [1.82, 2.24) is 0 Å². The van der Waals surface area contributed by atoms with Crippen LogP contribution in [0.3, 0.4) is 0 Å². The quantitative estimate of drug-likeness (QED) is 0.531. The van der Waals surface area contributed by atoms with Crippen molar-refractivity contribution in [1.29, 1.82) is 0 Å². The van der Waals surface area contributed by atoms with Gasteiger partial charge in [0.05, 0.1) is 6.04 Å². The van der Waals surface area contributed by atoms with Crippen molar-refractivity contribution in [2.24, 2.45) is 4.99 Å². The van der Waals surface area contributed by atoms with Crippen molar-refractivity contribution in [3.63, 3.8) is 0 Å². The van der Waals surface area contributed by atoms with Crippen molar-refractivity contribution in [3.05, 3.63) is 96.1 Å². The fraction of sp³-hybridized carbons (Fsp3) is 0.105. The van der Waals surface area contributed by atoms with E-state index in [1.807, 2.05) is 49.6 Å². The number of nitrogens with zero attached hydrogens (tertiary/aromatic N) is 1. The van der Waals surface area contributed by atoms with Crippen molar-refractivity contribution in [2.75, 3.05) is 0 Å². The largest absolute Gasteiger partial charge is 0.280 e. The van der Waals surface area contributed by atoms with Crippen LogP contribution in [-0.2, 0) is 0 Å². The summed E-state index contributed by atoms with van der Waals surface area (Å²) in [5.74, 6) is 0. The lowest BCUT2D eigenvalue weighted by Crippen LogP contribution is -1.97. The molecule has 0 saturated heterocycles. The second kappa shape index (κ2) is 7.90. The molecule has 0 saturated carbocycles. The SMILES string of the molecule is C/C=C/C=C/C=NC(c1ccccc1)c1ccccc1. The third-order valence-electron chi connectivity index (χ3n) is 2.97. The van der Waals surface area contributed by atoms with E-state index in [0.29, 0.717) is 0 Å². The molecular formula is C19H19N. The Balaban J connectivity index is 2.26. The molecule has 0 bridgehead atoms. The predicted octanol–water partition coefficient (Wildman–Crippen LogP) is 4.98. The summed E-state index contributed by atoms with van der Waals surface area (Å²) in [4.78, 5) is 4.69. The normalized spacial score (nSPS) is 12.1. The average molecular weight is 261 g/mol. The second-order valence-electron chi connectivity index (χ2n) is 4.43. The molecule has 0 aliphatic rings. The number of hydrogen-bond donors (Lipinski definition) is 0. The zero-order valence-corrected chi connectivity index (χ0v) is 11.7. The highest BCUT2D eigenvalue weighted by Crippen LogP contribution is 2.25. The van der Waals surface area contributed by atoms with E-state index >= 15 is 0 Å². The van der Waals surface area contributed by atoms with Gasteiger partial charge in [0.15, 0.2) is 0 Å². The van der Waals surface area contributed by atoms with Crippen LogP contribution in [0.25, 0.3) is 0 Å². The number of rotatable bonds is 5. The summed E-state index contributed by atoms with van der Waals surface area (Å²) in [7, 11) is 0. The number of allylic oxidation sites excluding steroid dienone is 4. The summed E-state index contributed by atoms with van der Waals surface area (Å²) in [6, 6.07) is 20.8. The molecule has 0 aliphatic heterocycles. The van der Waals surface area contributed by atoms with Crippen LogP contribution in [0.2, 0.25) is 0 Å². The molecule has 1 heteroatoms. The monoisotopic (exact) mass is 261 g/mol. The summed E-state index contributed by atoms with van der Waals surface area (Å²) in [5, 5.41) is 0. The van der Waals surface area contributed by atoms with Gasteiger partial charge in [-0.1, -0.05) is 78.9 Å². The van der Waals surface area contributed by atoms with Crippen LogP contribution in [0.4, 0.5) is 0 Å². The summed E-state index contributed by atoms with van der Waals surface area (Å²) in [6.07, 6.45) is 9.79. The first-order valence-electron chi connectivity index (χ1n) is 6.83. The van der Waals surface area contributed by atoms with Gasteiger partial charge in [0.25, 0.3) is 0 Å². The van der Waals surface area contributed by atoms with E-state index in [2.05, 4.69) is 48.5 Å². The Kier molecular flexibility index (Phi) is 5.53. The minimum absolute atomic E-state index is 0.0488. The second-order valence-corrected chi connectivity index (χ2v) is 4.43. The Morgan fingerprint density at radius 2 is 1.30 bits per heavy atom. The molecule has 2 aromatic carbocycles. The molecule has 2 rings (SSSR count). The molecule has 0 spiro atoms. The molecule has 0 radical (unpaired) electrons. The molecule has 1 nitrogen and oxygen atoms in total. The fourth-order valence-electron chi connectivity index (χ4n) is 2.00. The Bertz CT molecular complexity index is 540. The molecular weight excluding hydrogens is 242 g/mol. The van der Waals surface area contributed by atoms with Crippen molar-refractivity contribution in [3.8, 4) is 0 Å². The topological polar surface area (TPSA) is 12.4 Å². The Hall–Kier alpha value is -2.41. The van der Waals surface area contributed by atoms with Crippen LogP contribution in [0.1, 0.15) is 24.1 Å². The van der Waals surface area contributed by atoms with Crippen LogP contribution < -0.4 is 0 Å². The summed E-state index contributed by atoms with van der Waals surface area (Å²) >= 11 is 0. The van der Waals surface area contributed by atoms with E-state index in [0.717, 1.165) is 0 Å². The van der Waals surface area contributed by atoms with Gasteiger partial charge in [-0.3, -0.25) is 4.99 Å². The predicted molar refractivity (Wildman–Crippen MR) is 87.2 cm³/mol. The van der Waals surface area contributed by atoms with Gasteiger partial charge >= 0.3 is 0 Å². The van der Waals surface area contributed by atoms with Gasteiger partial charge in [0.2, 0.25) is 0 Å². The van der Waals surface area contributed by atoms with Crippen LogP contribution in [0.5, 0.6) is 0 Å². The maximum Gasteiger partial charge on any atom is 0.0999 e. The maximum absolute atomic E-state index is 4.69. The van der Waals surface area contributed by atoms with Gasteiger partial charge < -0.3 is 0 Å². The summed E-state index contributed by atoms with van der Waals surface area (Å²) < 4.78 is 0. The van der Waals surface area contributed by atoms with Gasteiger partial charge in [0, 0.05) is 6.21 Å². The zero-order valence-electron chi connectivity index (χ0n) is 11.7. The third-order valence-corrected chi connectivity index (χ3v) is 2.97. The minimum Gasteiger partial charge on any atom is -0.280 e. The molecule has 20 heavy (non-hydrogen) atoms. The van der Waals surface area contributed by atoms with E-state index in [9.17, 15) is 0 Å². The van der Waals surface area contributed by atoms with E-state index in [1.165, 1.54) is 11.1 Å². The first kappa shape index (κ1) is 14.0. The highest BCUT2D eigenvalue weighted by atomic mass is 14.8. The number of aliphatic imine (C=N–C) groups is 1. The van der Waals surface area contributed by atoms with Crippen molar-refractivity contribution in [2.45, 2.75) is 13.0 Å². The minimum atomic E-state index is 0.0488. The van der Waals surface area contributed by atoms with Gasteiger partial charge in [-0.25, -0.2) is 0 Å². The lowest BCUT2D eigenvalue weighted by Gasteiger charge is -2.12. The summed E-state index contributed by atoms with van der Waals surface area (Å²) in [5.41, 5.74) is 2.41. The molecule has 0 heterocycles. The lowest BCUT2D eigenvalue weighted by molar-refractivity contribution is 0.879. The van der Waals surface area contributed by atoms with E-state index in [-0.39, 0.29) is 6.04 Å². The first-order valence-corrected chi connectivity index (χ1v) is 6.83. The molecule has 0 N–H and O–H groups in total. The van der Waals surface area contributed by atoms with Crippen LogP contribution in [0.15, 0.2) is 90.0 Å². The molecule has 2 aromatic rings. The van der Waals surface area contributed by atoms with Gasteiger partial charge in [-0.2, -0.15) is 0 Å². The van der Waals surface area contributed by atoms with Crippen LogP contribution >= 0.6 is 0 Å². The zero-order chi connectivity index (χ0) is 14.0. The molecule has 0 fully saturated rings. The molecule has 0 amide bonds.